The van der Waals surface area contributed by atoms with Crippen LogP contribution in [0.4, 0.5) is 0 Å². The van der Waals surface area contributed by atoms with Crippen LogP contribution in [0.25, 0.3) is 56.1 Å². The van der Waals surface area contributed by atoms with E-state index in [0.29, 0.717) is 29.3 Å². The molecule has 1 heterocycles. The van der Waals surface area contributed by atoms with Gasteiger partial charge in [0.15, 0.2) is 17.5 Å². The highest BCUT2D eigenvalue weighted by molar-refractivity contribution is 5.95. The van der Waals surface area contributed by atoms with E-state index in [9.17, 15) is 0 Å². The largest absolute Gasteiger partial charge is 0.208 e. The molecule has 59 heavy (non-hydrogen) atoms. The van der Waals surface area contributed by atoms with Gasteiger partial charge in [0.05, 0.1) is 5.41 Å². The highest BCUT2D eigenvalue weighted by Gasteiger charge is 2.47. The third-order valence-electron chi connectivity index (χ3n) is 13.2. The maximum atomic E-state index is 5.21. The highest BCUT2D eigenvalue weighted by atomic mass is 15.0. The number of hydrogen-bond acceptors (Lipinski definition) is 3. The fourth-order valence-corrected chi connectivity index (χ4v) is 10.5. The second-order valence-electron chi connectivity index (χ2n) is 16.5. The first-order valence-corrected chi connectivity index (χ1v) is 21.3. The van der Waals surface area contributed by atoms with Gasteiger partial charge in [-0.2, -0.15) is 0 Å². The van der Waals surface area contributed by atoms with Gasteiger partial charge in [-0.1, -0.05) is 201 Å². The molecule has 284 valence electrons. The molecule has 0 saturated heterocycles. The van der Waals surface area contributed by atoms with Crippen LogP contribution in [0.1, 0.15) is 54.4 Å². The molecular formula is C56H45N3. The van der Waals surface area contributed by atoms with Gasteiger partial charge < -0.3 is 0 Å². The van der Waals surface area contributed by atoms with Crippen molar-refractivity contribution >= 4 is 10.8 Å². The van der Waals surface area contributed by atoms with Crippen molar-refractivity contribution in [3.05, 3.63) is 221 Å². The molecule has 7 aromatic carbocycles. The van der Waals surface area contributed by atoms with Crippen LogP contribution in [0, 0.1) is 11.8 Å². The fourth-order valence-electron chi connectivity index (χ4n) is 10.5. The van der Waals surface area contributed by atoms with Crippen LogP contribution in [0.3, 0.4) is 0 Å². The highest BCUT2D eigenvalue weighted by Crippen LogP contribution is 2.56. The molecule has 0 bridgehead atoms. The average Bonchev–Trinajstić information content (AvgIpc) is 3.57. The van der Waals surface area contributed by atoms with Gasteiger partial charge >= 0.3 is 0 Å². The summed E-state index contributed by atoms with van der Waals surface area (Å²) in [6.07, 6.45) is 12.7. The van der Waals surface area contributed by atoms with Crippen LogP contribution in [-0.4, -0.2) is 15.0 Å². The Hall–Kier alpha value is -6.71. The van der Waals surface area contributed by atoms with Crippen molar-refractivity contribution in [3.63, 3.8) is 0 Å². The molecule has 1 fully saturated rings. The van der Waals surface area contributed by atoms with Crippen molar-refractivity contribution in [1.29, 1.82) is 0 Å². The lowest BCUT2D eigenvalue weighted by atomic mass is 9.56. The summed E-state index contributed by atoms with van der Waals surface area (Å²) in [5.41, 5.74) is 13.3. The molecule has 1 aromatic heterocycles. The molecule has 8 aromatic rings. The Labute approximate surface area is 346 Å². The minimum atomic E-state index is -0.437. The van der Waals surface area contributed by atoms with Gasteiger partial charge in [0.1, 0.15) is 0 Å². The third kappa shape index (κ3) is 6.15. The van der Waals surface area contributed by atoms with Gasteiger partial charge in [-0.3, -0.25) is 0 Å². The molecule has 3 heteroatoms. The lowest BCUT2D eigenvalue weighted by molar-refractivity contribution is 0.403. The molecule has 3 aliphatic rings. The fraction of sp³-hybridized carbons (Fsp3) is 0.161. The summed E-state index contributed by atoms with van der Waals surface area (Å²) in [4.78, 5) is 15.4. The zero-order chi connectivity index (χ0) is 39.2. The van der Waals surface area contributed by atoms with E-state index in [1.54, 1.807) is 5.57 Å². The van der Waals surface area contributed by atoms with E-state index >= 15 is 0 Å². The van der Waals surface area contributed by atoms with Gasteiger partial charge in [-0.05, 0) is 93.0 Å². The van der Waals surface area contributed by atoms with Gasteiger partial charge in [-0.15, -0.1) is 0 Å². The van der Waals surface area contributed by atoms with Crippen molar-refractivity contribution < 1.29 is 0 Å². The van der Waals surface area contributed by atoms with Gasteiger partial charge in [0.25, 0.3) is 0 Å². The first-order chi connectivity index (χ1) is 29.2. The molecule has 0 N–H and O–H groups in total. The normalized spacial score (nSPS) is 19.7. The standard InChI is InChI=1S/C56H45N3/c1-6-18-40(19-7-1)53-57-54(41-20-8-2-9-21-41)59-55(58-53)50-36-43-23-14-13-22-42(43)35-48(50)39-29-32-46(33-30-39)56(45-25-10-4-11-26-45)51-28-16-15-24-44(51)37-49-47-27-12-3-5-17-38(47)31-34-52(49)56/h1-2,4,6-11,13-16,18-26,28-36,38,47H,3,5,12,17,27,37H2. The zero-order valence-corrected chi connectivity index (χ0v) is 33.1. The smallest absolute Gasteiger partial charge is 0.164 e. The molecule has 1 saturated carbocycles. The second kappa shape index (κ2) is 14.9. The van der Waals surface area contributed by atoms with Crippen molar-refractivity contribution in [1.82, 2.24) is 15.0 Å². The van der Waals surface area contributed by atoms with Crippen molar-refractivity contribution in [2.24, 2.45) is 11.8 Å². The Morgan fingerprint density at radius 1 is 0.458 bits per heavy atom. The SMILES string of the molecule is C1=CC2CCCCCC2C2=C1C(c1ccccc1)(c1ccc(-c3cc4ccccc4cc3-c3nc(-c4ccccc4)nc(-c4ccccc4)n3)cc1)c1ccccc1C2. The number of fused-ring (bicyclic) bond motifs is 4. The molecule has 11 rings (SSSR count). The summed E-state index contributed by atoms with van der Waals surface area (Å²) in [7, 11) is 0. The molecule has 0 radical (unpaired) electrons. The lowest BCUT2D eigenvalue weighted by Crippen LogP contribution is -2.39. The van der Waals surface area contributed by atoms with Crippen molar-refractivity contribution in [3.8, 4) is 45.3 Å². The number of hydrogen-bond donors (Lipinski definition) is 0. The van der Waals surface area contributed by atoms with Crippen LogP contribution in [-0.2, 0) is 11.8 Å². The van der Waals surface area contributed by atoms with Crippen LogP contribution in [0.2, 0.25) is 0 Å². The Morgan fingerprint density at radius 3 is 1.71 bits per heavy atom. The third-order valence-corrected chi connectivity index (χ3v) is 13.2. The van der Waals surface area contributed by atoms with Gasteiger partial charge in [-0.25, -0.2) is 15.0 Å². The van der Waals surface area contributed by atoms with E-state index in [-0.39, 0.29) is 0 Å². The number of rotatable bonds is 6. The van der Waals surface area contributed by atoms with Crippen LogP contribution >= 0.6 is 0 Å². The van der Waals surface area contributed by atoms with Crippen LogP contribution in [0.5, 0.6) is 0 Å². The number of benzene rings is 7. The van der Waals surface area contributed by atoms with Gasteiger partial charge in [0, 0.05) is 16.7 Å². The first-order valence-electron chi connectivity index (χ1n) is 21.3. The summed E-state index contributed by atoms with van der Waals surface area (Å²) in [6, 6.07) is 63.6. The summed E-state index contributed by atoms with van der Waals surface area (Å²) < 4.78 is 0. The summed E-state index contributed by atoms with van der Waals surface area (Å²) in [6.45, 7) is 0. The van der Waals surface area contributed by atoms with Crippen LogP contribution in [0.15, 0.2) is 199 Å². The van der Waals surface area contributed by atoms with E-state index in [1.807, 2.05) is 36.4 Å². The lowest BCUT2D eigenvalue weighted by Gasteiger charge is -2.47. The summed E-state index contributed by atoms with van der Waals surface area (Å²) in [5.74, 6) is 3.19. The Morgan fingerprint density at radius 2 is 1.02 bits per heavy atom. The summed E-state index contributed by atoms with van der Waals surface area (Å²) >= 11 is 0. The molecule has 0 amide bonds. The molecule has 3 aliphatic carbocycles. The van der Waals surface area contributed by atoms with E-state index < -0.39 is 5.41 Å². The predicted octanol–water partition coefficient (Wildman–Crippen LogP) is 13.6. The van der Waals surface area contributed by atoms with E-state index in [0.717, 1.165) is 39.6 Å². The second-order valence-corrected chi connectivity index (χ2v) is 16.5. The predicted molar refractivity (Wildman–Crippen MR) is 242 cm³/mol. The molecule has 3 atom stereocenters. The molecule has 0 aliphatic heterocycles. The Balaban J connectivity index is 1.12. The average molecular weight is 760 g/mol. The van der Waals surface area contributed by atoms with E-state index in [2.05, 4.69) is 152 Å². The van der Waals surface area contributed by atoms with Crippen molar-refractivity contribution in [2.45, 2.75) is 43.9 Å². The maximum absolute atomic E-state index is 5.21. The maximum Gasteiger partial charge on any atom is 0.164 e. The molecule has 3 unspecified atom stereocenters. The molecule has 3 nitrogen and oxygen atoms in total. The number of allylic oxidation sites excluding steroid dienone is 4. The monoisotopic (exact) mass is 759 g/mol. The van der Waals surface area contributed by atoms with E-state index in [1.165, 1.54) is 65.3 Å². The minimum Gasteiger partial charge on any atom is -0.208 e. The zero-order valence-electron chi connectivity index (χ0n) is 33.1. The number of aromatic nitrogens is 3. The Bertz CT molecular complexity index is 2820. The van der Waals surface area contributed by atoms with Crippen molar-refractivity contribution in [2.75, 3.05) is 0 Å². The molecule has 0 spiro atoms. The topological polar surface area (TPSA) is 38.7 Å². The van der Waals surface area contributed by atoms with Gasteiger partial charge in [0.2, 0.25) is 0 Å². The Kier molecular flexibility index (Phi) is 8.96. The quantitative estimate of drug-likeness (QED) is 0.169. The van der Waals surface area contributed by atoms with Crippen LogP contribution < -0.4 is 0 Å². The first kappa shape index (κ1) is 35.5. The minimum absolute atomic E-state index is 0.437. The molecular weight excluding hydrogens is 715 g/mol. The van der Waals surface area contributed by atoms with E-state index in [4.69, 9.17) is 15.0 Å². The summed E-state index contributed by atoms with van der Waals surface area (Å²) in [5, 5.41) is 2.33. The number of nitrogens with zero attached hydrogens (tertiary/aromatic N) is 3.